The van der Waals surface area contributed by atoms with Gasteiger partial charge >= 0.3 is 0 Å². The summed E-state index contributed by atoms with van der Waals surface area (Å²) in [5.41, 5.74) is 6.07. The van der Waals surface area contributed by atoms with E-state index in [0.717, 1.165) is 55.1 Å². The van der Waals surface area contributed by atoms with Crippen LogP contribution in [0.5, 0.6) is 0 Å². The molecule has 1 aromatic heterocycles. The van der Waals surface area contributed by atoms with E-state index in [4.69, 9.17) is 0 Å². The number of rotatable bonds is 4. The van der Waals surface area contributed by atoms with Gasteiger partial charge in [-0.15, -0.1) is 0 Å². The normalized spacial score (nSPS) is 19.8. The quantitative estimate of drug-likeness (QED) is 0.634. The van der Waals surface area contributed by atoms with Gasteiger partial charge in [0.15, 0.2) is 0 Å². The number of likely N-dealkylation sites (tertiary alicyclic amines) is 1. The van der Waals surface area contributed by atoms with Gasteiger partial charge in [-0.25, -0.2) is 0 Å². The van der Waals surface area contributed by atoms with E-state index >= 15 is 0 Å². The van der Waals surface area contributed by atoms with Crippen molar-refractivity contribution in [3.63, 3.8) is 0 Å². The van der Waals surface area contributed by atoms with Gasteiger partial charge in [0.1, 0.15) is 0 Å². The maximum absolute atomic E-state index is 13.4. The van der Waals surface area contributed by atoms with E-state index in [-0.39, 0.29) is 5.56 Å². The number of pyridine rings is 1. The van der Waals surface area contributed by atoms with Gasteiger partial charge in [0.25, 0.3) is 5.56 Å². The third-order valence-electron chi connectivity index (χ3n) is 6.84. The van der Waals surface area contributed by atoms with Crippen LogP contribution in [0.15, 0.2) is 65.5 Å². The first-order chi connectivity index (χ1) is 15.5. The number of nitriles is 1. The Bertz CT molecular complexity index is 1240. The monoisotopic (exact) mass is 424 g/mol. The molecule has 0 aliphatic carbocycles. The second kappa shape index (κ2) is 8.29. The van der Waals surface area contributed by atoms with Crippen molar-refractivity contribution in [2.75, 3.05) is 32.1 Å². The van der Waals surface area contributed by atoms with Crippen LogP contribution in [0.25, 0.3) is 11.1 Å². The average molecular weight is 425 g/mol. The largest absolute Gasteiger partial charge is 0.378 e. The van der Waals surface area contributed by atoms with Crippen molar-refractivity contribution in [1.29, 1.82) is 5.26 Å². The Balaban J connectivity index is 1.39. The molecule has 5 rings (SSSR count). The maximum Gasteiger partial charge on any atom is 0.258 e. The Hall–Kier alpha value is -3.36. The molecule has 2 bridgehead atoms. The number of aromatic nitrogens is 1. The summed E-state index contributed by atoms with van der Waals surface area (Å²) in [4.78, 5) is 18.0. The summed E-state index contributed by atoms with van der Waals surface area (Å²) in [6.45, 7) is 3.57. The summed E-state index contributed by atoms with van der Waals surface area (Å²) in [6.07, 6.45) is 1.14. The summed E-state index contributed by atoms with van der Waals surface area (Å²) in [6, 6.07) is 22.5. The minimum absolute atomic E-state index is 0.130. The number of piperidine rings is 1. The lowest BCUT2D eigenvalue weighted by Gasteiger charge is -2.43. The molecule has 3 heterocycles. The van der Waals surface area contributed by atoms with Crippen LogP contribution in [0, 0.1) is 17.2 Å². The highest BCUT2D eigenvalue weighted by Crippen LogP contribution is 2.36. The minimum atomic E-state index is 0.130. The summed E-state index contributed by atoms with van der Waals surface area (Å²) in [5.74, 6) is 0.851. The molecule has 0 saturated carbocycles. The lowest BCUT2D eigenvalue weighted by Crippen LogP contribution is -2.46. The fraction of sp³-hybridized carbons (Fsp3) is 0.333. The summed E-state index contributed by atoms with van der Waals surface area (Å²) in [5, 5.41) is 9.18. The molecular weight excluding hydrogens is 396 g/mol. The number of anilines is 1. The van der Waals surface area contributed by atoms with Gasteiger partial charge in [0.2, 0.25) is 0 Å². The van der Waals surface area contributed by atoms with E-state index in [9.17, 15) is 10.1 Å². The zero-order chi connectivity index (χ0) is 22.2. The van der Waals surface area contributed by atoms with Crippen LogP contribution < -0.4 is 10.5 Å². The Labute approximate surface area is 189 Å². The molecule has 32 heavy (non-hydrogen) atoms. The topological polar surface area (TPSA) is 52.3 Å². The molecule has 3 aromatic rings. The van der Waals surface area contributed by atoms with Gasteiger partial charge < -0.3 is 9.47 Å². The third-order valence-corrected chi connectivity index (χ3v) is 6.84. The second-order valence-corrected chi connectivity index (χ2v) is 9.33. The van der Waals surface area contributed by atoms with Crippen LogP contribution in [0.2, 0.25) is 0 Å². The van der Waals surface area contributed by atoms with Gasteiger partial charge in [-0.1, -0.05) is 24.3 Å². The van der Waals surface area contributed by atoms with Crippen molar-refractivity contribution in [1.82, 2.24) is 9.47 Å². The molecule has 1 saturated heterocycles. The fourth-order valence-electron chi connectivity index (χ4n) is 5.33. The van der Waals surface area contributed by atoms with Crippen LogP contribution in [0.1, 0.15) is 29.2 Å². The van der Waals surface area contributed by atoms with Crippen molar-refractivity contribution in [2.45, 2.75) is 25.4 Å². The number of hydrogen-bond donors (Lipinski definition) is 0. The molecule has 2 aliphatic rings. The molecule has 2 aliphatic heterocycles. The molecule has 0 spiro atoms. The van der Waals surface area contributed by atoms with Gasteiger partial charge in [-0.2, -0.15) is 5.26 Å². The van der Waals surface area contributed by atoms with E-state index in [1.54, 1.807) is 0 Å². The zero-order valence-electron chi connectivity index (χ0n) is 18.7. The van der Waals surface area contributed by atoms with E-state index in [2.05, 4.69) is 40.1 Å². The first-order valence-corrected chi connectivity index (χ1v) is 11.2. The lowest BCUT2D eigenvalue weighted by atomic mass is 9.82. The molecular formula is C27H28N4O. The first kappa shape index (κ1) is 20.5. The van der Waals surface area contributed by atoms with Gasteiger partial charge in [-0.3, -0.25) is 9.69 Å². The molecule has 162 valence electrons. The summed E-state index contributed by atoms with van der Waals surface area (Å²) >= 11 is 0. The van der Waals surface area contributed by atoms with Crippen LogP contribution in [-0.4, -0.2) is 36.7 Å². The third kappa shape index (κ3) is 3.83. The Morgan fingerprint density at radius 3 is 2.59 bits per heavy atom. The molecule has 5 nitrogen and oxygen atoms in total. The Morgan fingerprint density at radius 2 is 1.84 bits per heavy atom. The van der Waals surface area contributed by atoms with Gasteiger partial charge in [-0.05, 0) is 59.9 Å². The first-order valence-electron chi connectivity index (χ1n) is 11.2. The maximum atomic E-state index is 13.4. The van der Waals surface area contributed by atoms with Crippen molar-refractivity contribution in [3.8, 4) is 17.2 Å². The highest BCUT2D eigenvalue weighted by molar-refractivity contribution is 5.65. The molecule has 0 amide bonds. The molecule has 2 atom stereocenters. The molecule has 0 unspecified atom stereocenters. The predicted molar refractivity (Wildman–Crippen MR) is 128 cm³/mol. The van der Waals surface area contributed by atoms with E-state index in [1.165, 1.54) is 5.56 Å². The SMILES string of the molecule is CN(C)c1ccc(-c2ccc3n(c2=O)C[C@H]2C[C@@H]3CN(Cc3cccc(C#N)c3)C2)cc1. The van der Waals surface area contributed by atoms with E-state index < -0.39 is 0 Å². The number of benzene rings is 2. The van der Waals surface area contributed by atoms with Crippen LogP contribution in [0.3, 0.4) is 0 Å². The zero-order valence-corrected chi connectivity index (χ0v) is 18.7. The Morgan fingerprint density at radius 1 is 1.03 bits per heavy atom. The lowest BCUT2D eigenvalue weighted by molar-refractivity contribution is 0.114. The summed E-state index contributed by atoms with van der Waals surface area (Å²) < 4.78 is 2.03. The van der Waals surface area contributed by atoms with E-state index in [0.29, 0.717) is 17.4 Å². The molecule has 2 aromatic carbocycles. The average Bonchev–Trinajstić information content (AvgIpc) is 2.80. The van der Waals surface area contributed by atoms with Crippen molar-refractivity contribution >= 4 is 5.69 Å². The second-order valence-electron chi connectivity index (χ2n) is 9.33. The van der Waals surface area contributed by atoms with E-state index in [1.807, 2.05) is 55.1 Å². The van der Waals surface area contributed by atoms with Crippen LogP contribution in [0.4, 0.5) is 5.69 Å². The Kier molecular flexibility index (Phi) is 5.32. The molecule has 1 fully saturated rings. The van der Waals surface area contributed by atoms with Crippen molar-refractivity contribution in [2.24, 2.45) is 5.92 Å². The number of hydrogen-bond acceptors (Lipinski definition) is 4. The van der Waals surface area contributed by atoms with Crippen molar-refractivity contribution in [3.05, 3.63) is 87.8 Å². The van der Waals surface area contributed by atoms with Crippen LogP contribution >= 0.6 is 0 Å². The van der Waals surface area contributed by atoms with Crippen molar-refractivity contribution < 1.29 is 0 Å². The smallest absolute Gasteiger partial charge is 0.258 e. The van der Waals surface area contributed by atoms with Gasteiger partial charge in [0.05, 0.1) is 11.6 Å². The highest BCUT2D eigenvalue weighted by atomic mass is 16.1. The summed E-state index contributed by atoms with van der Waals surface area (Å²) in [7, 11) is 4.04. The standard InChI is InChI=1S/C27H28N4O/c1-29(2)24-8-6-22(7-9-24)25-10-11-26-23-13-21(17-31(26)27(25)32)16-30(18-23)15-20-5-3-4-19(12-20)14-28/h3-12,21,23H,13,15-18H2,1-2H3/t21-,23+/m0/s1. The minimum Gasteiger partial charge on any atom is -0.378 e. The highest BCUT2D eigenvalue weighted by Gasteiger charge is 2.35. The molecule has 0 N–H and O–H groups in total. The molecule has 0 radical (unpaired) electrons. The fourth-order valence-corrected chi connectivity index (χ4v) is 5.33. The predicted octanol–water partition coefficient (Wildman–Crippen LogP) is 4.07. The molecule has 5 heteroatoms. The van der Waals surface area contributed by atoms with Gasteiger partial charge in [0, 0.05) is 63.1 Å². The number of fused-ring (bicyclic) bond motifs is 4. The number of nitrogens with zero attached hydrogens (tertiary/aromatic N) is 4. The van der Waals surface area contributed by atoms with Crippen LogP contribution in [-0.2, 0) is 13.1 Å².